The van der Waals surface area contributed by atoms with Gasteiger partial charge < -0.3 is 9.32 Å². The number of oxazole rings is 1. The van der Waals surface area contributed by atoms with Gasteiger partial charge in [0.15, 0.2) is 5.58 Å². The van der Waals surface area contributed by atoms with Crippen molar-refractivity contribution >= 4 is 17.0 Å². The van der Waals surface area contributed by atoms with Crippen LogP contribution in [0.4, 0.5) is 0 Å². The number of benzene rings is 1. The highest BCUT2D eigenvalue weighted by molar-refractivity contribution is 5.81. The number of hydrogen-bond donors (Lipinski definition) is 1. The zero-order valence-electron chi connectivity index (χ0n) is 11.5. The highest BCUT2D eigenvalue weighted by atomic mass is 16.4. The van der Waals surface area contributed by atoms with Crippen molar-refractivity contribution in [2.75, 3.05) is 13.1 Å². The highest BCUT2D eigenvalue weighted by Gasteiger charge is 2.20. The Morgan fingerprint density at radius 2 is 2.15 bits per heavy atom. The molecule has 1 aromatic heterocycles. The van der Waals surface area contributed by atoms with E-state index in [0.29, 0.717) is 23.4 Å². The Bertz CT molecular complexity index is 678. The number of nitrogens with zero attached hydrogens (tertiary/aromatic N) is 1. The number of nitrogens with one attached hydrogen (secondary N) is 1. The molecule has 1 fully saturated rings. The van der Waals surface area contributed by atoms with Gasteiger partial charge in [-0.15, -0.1) is 0 Å². The predicted molar refractivity (Wildman–Crippen MR) is 75.5 cm³/mol. The molecule has 1 aromatic carbocycles. The molecule has 0 saturated carbocycles. The monoisotopic (exact) mass is 274 g/mol. The second-order valence-corrected chi connectivity index (χ2v) is 5.59. The van der Waals surface area contributed by atoms with Crippen LogP contribution in [0.5, 0.6) is 0 Å². The molecule has 3 rings (SSSR count). The summed E-state index contributed by atoms with van der Waals surface area (Å²) in [4.78, 5) is 27.9. The summed E-state index contributed by atoms with van der Waals surface area (Å²) in [7, 11) is 0. The summed E-state index contributed by atoms with van der Waals surface area (Å²) < 4.78 is 4.95. The maximum atomic E-state index is 12.2. The molecule has 0 bridgehead atoms. The van der Waals surface area contributed by atoms with Gasteiger partial charge in [-0.3, -0.25) is 9.78 Å². The topological polar surface area (TPSA) is 66.3 Å². The average molecular weight is 274 g/mol. The summed E-state index contributed by atoms with van der Waals surface area (Å²) in [6.07, 6.45) is 2.54. The molecule has 20 heavy (non-hydrogen) atoms. The molecule has 106 valence electrons. The van der Waals surface area contributed by atoms with Crippen LogP contribution in [-0.2, 0) is 11.2 Å². The maximum Gasteiger partial charge on any atom is 0.417 e. The molecule has 0 aliphatic carbocycles. The number of aromatic amines is 1. The summed E-state index contributed by atoms with van der Waals surface area (Å²) in [6.45, 7) is 3.93. The summed E-state index contributed by atoms with van der Waals surface area (Å²) in [5.74, 6) is 0.405. The molecule has 2 heterocycles. The van der Waals surface area contributed by atoms with Gasteiger partial charge in [-0.2, -0.15) is 0 Å². The van der Waals surface area contributed by atoms with E-state index in [9.17, 15) is 9.59 Å². The molecule has 1 amide bonds. The standard InChI is InChI=1S/C15H18N2O3/c1-10-4-6-17(7-5-10)14(18)9-11-2-3-13-12(8-11)16-15(19)20-13/h2-3,8,10H,4-7,9H2,1H3,(H,16,19). The Morgan fingerprint density at radius 1 is 1.40 bits per heavy atom. The molecule has 0 spiro atoms. The maximum absolute atomic E-state index is 12.2. The number of H-pyrrole nitrogens is 1. The lowest BCUT2D eigenvalue weighted by atomic mass is 9.98. The Balaban J connectivity index is 1.72. The van der Waals surface area contributed by atoms with Gasteiger partial charge in [0.25, 0.3) is 0 Å². The van der Waals surface area contributed by atoms with E-state index in [4.69, 9.17) is 4.42 Å². The van der Waals surface area contributed by atoms with Crippen molar-refractivity contribution in [1.29, 1.82) is 0 Å². The van der Waals surface area contributed by atoms with Crippen LogP contribution >= 0.6 is 0 Å². The molecule has 2 aromatic rings. The van der Waals surface area contributed by atoms with Gasteiger partial charge >= 0.3 is 5.76 Å². The lowest BCUT2D eigenvalue weighted by molar-refractivity contribution is -0.131. The van der Waals surface area contributed by atoms with Gasteiger partial charge in [-0.25, -0.2) is 4.79 Å². The lowest BCUT2D eigenvalue weighted by Gasteiger charge is -2.30. The third kappa shape index (κ3) is 2.61. The van der Waals surface area contributed by atoms with E-state index in [1.165, 1.54) is 0 Å². The van der Waals surface area contributed by atoms with Crippen LogP contribution < -0.4 is 5.76 Å². The fourth-order valence-electron chi connectivity index (χ4n) is 2.65. The Hall–Kier alpha value is -2.04. The first-order valence-electron chi connectivity index (χ1n) is 7.01. The predicted octanol–water partition coefficient (Wildman–Crippen LogP) is 1.92. The van der Waals surface area contributed by atoms with Crippen LogP contribution in [0.3, 0.4) is 0 Å². The third-order valence-electron chi connectivity index (χ3n) is 3.98. The number of carbonyl (C=O) groups is 1. The van der Waals surface area contributed by atoms with Crippen molar-refractivity contribution in [3.8, 4) is 0 Å². The van der Waals surface area contributed by atoms with Crippen LogP contribution in [0.15, 0.2) is 27.4 Å². The van der Waals surface area contributed by atoms with Crippen molar-refractivity contribution in [3.05, 3.63) is 34.3 Å². The molecule has 5 heteroatoms. The number of aromatic nitrogens is 1. The van der Waals surface area contributed by atoms with E-state index in [1.54, 1.807) is 6.07 Å². The molecular weight excluding hydrogens is 256 g/mol. The summed E-state index contributed by atoms with van der Waals surface area (Å²) >= 11 is 0. The van der Waals surface area contributed by atoms with Crippen molar-refractivity contribution in [2.24, 2.45) is 5.92 Å². The number of rotatable bonds is 2. The Labute approximate surface area is 116 Å². The van der Waals surface area contributed by atoms with Gasteiger partial charge in [0.05, 0.1) is 11.9 Å². The first-order valence-corrected chi connectivity index (χ1v) is 7.01. The van der Waals surface area contributed by atoms with E-state index < -0.39 is 5.76 Å². The van der Waals surface area contributed by atoms with Crippen LogP contribution in [0.25, 0.3) is 11.1 Å². The minimum Gasteiger partial charge on any atom is -0.408 e. The molecule has 1 N–H and O–H groups in total. The summed E-state index contributed by atoms with van der Waals surface area (Å²) in [5.41, 5.74) is 2.07. The second kappa shape index (κ2) is 5.15. The van der Waals surface area contributed by atoms with Crippen LogP contribution in [0.1, 0.15) is 25.3 Å². The number of hydrogen-bond acceptors (Lipinski definition) is 3. The smallest absolute Gasteiger partial charge is 0.408 e. The van der Waals surface area contributed by atoms with Crippen LogP contribution in [0.2, 0.25) is 0 Å². The van der Waals surface area contributed by atoms with Crippen molar-refractivity contribution in [3.63, 3.8) is 0 Å². The second-order valence-electron chi connectivity index (χ2n) is 5.59. The number of piperidine rings is 1. The van der Waals surface area contributed by atoms with Gasteiger partial charge in [-0.05, 0) is 36.5 Å². The molecule has 5 nitrogen and oxygen atoms in total. The zero-order chi connectivity index (χ0) is 14.1. The first kappa shape index (κ1) is 13.0. The lowest BCUT2D eigenvalue weighted by Crippen LogP contribution is -2.38. The van der Waals surface area contributed by atoms with Gasteiger partial charge in [-0.1, -0.05) is 13.0 Å². The summed E-state index contributed by atoms with van der Waals surface area (Å²) in [5, 5.41) is 0. The molecular formula is C15H18N2O3. The average Bonchev–Trinajstić information content (AvgIpc) is 2.78. The van der Waals surface area contributed by atoms with Crippen molar-refractivity contribution in [1.82, 2.24) is 9.88 Å². The summed E-state index contributed by atoms with van der Waals surface area (Å²) in [6, 6.07) is 5.38. The SMILES string of the molecule is CC1CCN(C(=O)Cc2ccc3oc(=O)[nH]c3c2)CC1. The number of amides is 1. The zero-order valence-corrected chi connectivity index (χ0v) is 11.5. The number of carbonyl (C=O) groups excluding carboxylic acids is 1. The van der Waals surface area contributed by atoms with E-state index in [1.807, 2.05) is 17.0 Å². The minimum atomic E-state index is -0.464. The van der Waals surface area contributed by atoms with E-state index >= 15 is 0 Å². The third-order valence-corrected chi connectivity index (χ3v) is 3.98. The van der Waals surface area contributed by atoms with Crippen LogP contribution in [0, 0.1) is 5.92 Å². The van der Waals surface area contributed by atoms with E-state index in [-0.39, 0.29) is 5.91 Å². The fourth-order valence-corrected chi connectivity index (χ4v) is 2.65. The molecule has 0 atom stereocenters. The first-order chi connectivity index (χ1) is 9.61. The molecule has 0 radical (unpaired) electrons. The molecule has 0 unspecified atom stereocenters. The molecule has 1 saturated heterocycles. The van der Waals surface area contributed by atoms with Crippen molar-refractivity contribution < 1.29 is 9.21 Å². The van der Waals surface area contributed by atoms with E-state index in [0.717, 1.165) is 31.5 Å². The number of likely N-dealkylation sites (tertiary alicyclic amines) is 1. The van der Waals surface area contributed by atoms with Crippen molar-refractivity contribution in [2.45, 2.75) is 26.2 Å². The largest absolute Gasteiger partial charge is 0.417 e. The van der Waals surface area contributed by atoms with Gasteiger partial charge in [0, 0.05) is 13.1 Å². The minimum absolute atomic E-state index is 0.155. The normalized spacial score (nSPS) is 16.8. The quantitative estimate of drug-likeness (QED) is 0.909. The van der Waals surface area contributed by atoms with Crippen LogP contribution in [-0.4, -0.2) is 28.9 Å². The molecule has 1 aliphatic heterocycles. The Morgan fingerprint density at radius 3 is 2.90 bits per heavy atom. The molecule has 1 aliphatic rings. The fraction of sp³-hybridized carbons (Fsp3) is 0.467. The Kier molecular flexibility index (Phi) is 3.34. The van der Waals surface area contributed by atoms with Gasteiger partial charge in [0.1, 0.15) is 0 Å². The van der Waals surface area contributed by atoms with Gasteiger partial charge in [0.2, 0.25) is 5.91 Å². The van der Waals surface area contributed by atoms with E-state index in [2.05, 4.69) is 11.9 Å². The highest BCUT2D eigenvalue weighted by Crippen LogP contribution is 2.18. The number of fused-ring (bicyclic) bond motifs is 1.